The van der Waals surface area contributed by atoms with Crippen LogP contribution in [-0.4, -0.2) is 32.8 Å². The van der Waals surface area contributed by atoms with Gasteiger partial charge in [-0.2, -0.15) is 8.78 Å². The van der Waals surface area contributed by atoms with Crippen molar-refractivity contribution in [3.05, 3.63) is 23.8 Å². The standard InChI is InChI=1S/C16H25F2N3O2/c1-4-6-9-20-16(19-3)21-11-12-7-8-13(23-15(17)18)14(10-12)22-5-2/h7-8,10,15H,4-6,9,11H2,1-3H3,(H2,19,20,21). The largest absolute Gasteiger partial charge is 0.490 e. The van der Waals surface area contributed by atoms with Crippen LogP contribution in [-0.2, 0) is 6.54 Å². The van der Waals surface area contributed by atoms with Gasteiger partial charge in [0.1, 0.15) is 0 Å². The van der Waals surface area contributed by atoms with E-state index >= 15 is 0 Å². The summed E-state index contributed by atoms with van der Waals surface area (Å²) in [5.41, 5.74) is 0.883. The molecule has 0 spiro atoms. The number of guanidine groups is 1. The smallest absolute Gasteiger partial charge is 0.387 e. The summed E-state index contributed by atoms with van der Waals surface area (Å²) in [6.45, 7) is 2.76. The van der Waals surface area contributed by atoms with E-state index in [1.807, 2.05) is 0 Å². The molecule has 0 radical (unpaired) electrons. The summed E-state index contributed by atoms with van der Waals surface area (Å²) < 4.78 is 34.6. The first-order valence-corrected chi connectivity index (χ1v) is 7.75. The molecule has 130 valence electrons. The fourth-order valence-electron chi connectivity index (χ4n) is 1.91. The summed E-state index contributed by atoms with van der Waals surface area (Å²) in [6.07, 6.45) is 2.17. The van der Waals surface area contributed by atoms with Gasteiger partial charge in [0, 0.05) is 20.1 Å². The number of ether oxygens (including phenoxy) is 2. The van der Waals surface area contributed by atoms with Crippen LogP contribution in [0.5, 0.6) is 11.5 Å². The molecule has 7 heteroatoms. The molecular weight excluding hydrogens is 304 g/mol. The van der Waals surface area contributed by atoms with Crippen LogP contribution in [0, 0.1) is 0 Å². The van der Waals surface area contributed by atoms with Crippen LogP contribution in [0.3, 0.4) is 0 Å². The lowest BCUT2D eigenvalue weighted by Gasteiger charge is -2.14. The van der Waals surface area contributed by atoms with Crippen molar-refractivity contribution in [2.24, 2.45) is 4.99 Å². The van der Waals surface area contributed by atoms with Crippen molar-refractivity contribution in [2.45, 2.75) is 39.8 Å². The number of hydrogen-bond acceptors (Lipinski definition) is 3. The lowest BCUT2D eigenvalue weighted by Crippen LogP contribution is -2.37. The Kier molecular flexibility index (Phi) is 8.79. The molecule has 0 atom stereocenters. The van der Waals surface area contributed by atoms with Crippen LogP contribution in [0.4, 0.5) is 8.78 Å². The van der Waals surface area contributed by atoms with E-state index in [0.29, 0.717) is 24.9 Å². The Morgan fingerprint density at radius 3 is 2.61 bits per heavy atom. The Labute approximate surface area is 136 Å². The van der Waals surface area contributed by atoms with Gasteiger partial charge in [-0.05, 0) is 31.0 Å². The summed E-state index contributed by atoms with van der Waals surface area (Å²) in [7, 11) is 1.70. The van der Waals surface area contributed by atoms with E-state index in [4.69, 9.17) is 4.74 Å². The van der Waals surface area contributed by atoms with E-state index in [1.54, 1.807) is 26.1 Å². The van der Waals surface area contributed by atoms with Crippen molar-refractivity contribution in [3.63, 3.8) is 0 Å². The molecule has 1 aromatic rings. The van der Waals surface area contributed by atoms with Gasteiger partial charge in [0.2, 0.25) is 0 Å². The molecular formula is C16H25F2N3O2. The predicted molar refractivity (Wildman–Crippen MR) is 87.4 cm³/mol. The Balaban J connectivity index is 2.67. The summed E-state index contributed by atoms with van der Waals surface area (Å²) >= 11 is 0. The summed E-state index contributed by atoms with van der Waals surface area (Å²) in [5.74, 6) is 1.04. The maximum absolute atomic E-state index is 12.4. The molecule has 1 aromatic carbocycles. The molecule has 1 rings (SSSR count). The van der Waals surface area contributed by atoms with Crippen LogP contribution in [0.1, 0.15) is 32.3 Å². The summed E-state index contributed by atoms with van der Waals surface area (Å²) in [5, 5.41) is 6.37. The monoisotopic (exact) mass is 329 g/mol. The van der Waals surface area contributed by atoms with Gasteiger partial charge in [-0.1, -0.05) is 19.4 Å². The zero-order chi connectivity index (χ0) is 17.1. The van der Waals surface area contributed by atoms with Gasteiger partial charge in [-0.3, -0.25) is 4.99 Å². The number of hydrogen-bond donors (Lipinski definition) is 2. The Hall–Kier alpha value is -2.05. The van der Waals surface area contributed by atoms with E-state index in [0.717, 1.165) is 24.9 Å². The minimum absolute atomic E-state index is 0.0380. The molecule has 0 aliphatic rings. The highest BCUT2D eigenvalue weighted by molar-refractivity contribution is 5.79. The highest BCUT2D eigenvalue weighted by Crippen LogP contribution is 2.29. The van der Waals surface area contributed by atoms with Crippen LogP contribution >= 0.6 is 0 Å². The molecule has 2 N–H and O–H groups in total. The number of nitrogens with zero attached hydrogens (tertiary/aromatic N) is 1. The van der Waals surface area contributed by atoms with E-state index in [9.17, 15) is 8.78 Å². The lowest BCUT2D eigenvalue weighted by molar-refractivity contribution is -0.0514. The summed E-state index contributed by atoms with van der Waals surface area (Å²) in [6, 6.07) is 4.89. The minimum atomic E-state index is -2.88. The SMILES string of the molecule is CCCCNC(=NC)NCc1ccc(OC(F)F)c(OCC)c1. The number of aliphatic imine (C=N–C) groups is 1. The second-order valence-electron chi connectivity index (χ2n) is 4.80. The van der Waals surface area contributed by atoms with Gasteiger partial charge >= 0.3 is 6.61 Å². The van der Waals surface area contributed by atoms with Crippen molar-refractivity contribution < 1.29 is 18.3 Å². The zero-order valence-corrected chi connectivity index (χ0v) is 13.9. The first kappa shape index (κ1) is 19.0. The number of nitrogens with one attached hydrogen (secondary N) is 2. The van der Waals surface area contributed by atoms with Crippen molar-refractivity contribution in [2.75, 3.05) is 20.2 Å². The van der Waals surface area contributed by atoms with E-state index in [1.165, 1.54) is 6.07 Å². The van der Waals surface area contributed by atoms with Gasteiger partial charge in [0.15, 0.2) is 17.5 Å². The number of alkyl halides is 2. The number of benzene rings is 1. The first-order valence-electron chi connectivity index (χ1n) is 7.75. The Morgan fingerprint density at radius 1 is 1.22 bits per heavy atom. The highest BCUT2D eigenvalue weighted by atomic mass is 19.3. The van der Waals surface area contributed by atoms with Crippen LogP contribution in [0.2, 0.25) is 0 Å². The number of rotatable bonds is 9. The quantitative estimate of drug-likeness (QED) is 0.415. The molecule has 0 amide bonds. The second kappa shape index (κ2) is 10.6. The third-order valence-electron chi connectivity index (χ3n) is 3.03. The highest BCUT2D eigenvalue weighted by Gasteiger charge is 2.11. The van der Waals surface area contributed by atoms with Crippen molar-refractivity contribution >= 4 is 5.96 Å². The molecule has 5 nitrogen and oxygen atoms in total. The molecule has 0 saturated heterocycles. The van der Waals surface area contributed by atoms with Crippen LogP contribution in [0.25, 0.3) is 0 Å². The van der Waals surface area contributed by atoms with Gasteiger partial charge in [0.25, 0.3) is 0 Å². The molecule has 23 heavy (non-hydrogen) atoms. The average Bonchev–Trinajstić information content (AvgIpc) is 2.52. The first-order chi connectivity index (χ1) is 11.1. The molecule has 0 fully saturated rings. The lowest BCUT2D eigenvalue weighted by atomic mass is 10.2. The van der Waals surface area contributed by atoms with Crippen LogP contribution in [0.15, 0.2) is 23.2 Å². The fourth-order valence-corrected chi connectivity index (χ4v) is 1.91. The third kappa shape index (κ3) is 7.17. The van der Waals surface area contributed by atoms with Crippen molar-refractivity contribution in [3.8, 4) is 11.5 Å². The molecule has 0 bridgehead atoms. The maximum atomic E-state index is 12.4. The van der Waals surface area contributed by atoms with Crippen molar-refractivity contribution in [1.29, 1.82) is 0 Å². The van der Waals surface area contributed by atoms with Crippen LogP contribution < -0.4 is 20.1 Å². The second-order valence-corrected chi connectivity index (χ2v) is 4.80. The number of halogens is 2. The average molecular weight is 329 g/mol. The molecule has 0 unspecified atom stereocenters. The minimum Gasteiger partial charge on any atom is -0.490 e. The molecule has 0 aliphatic heterocycles. The van der Waals surface area contributed by atoms with Gasteiger partial charge in [-0.15, -0.1) is 0 Å². The zero-order valence-electron chi connectivity index (χ0n) is 13.9. The number of unbranched alkanes of at least 4 members (excludes halogenated alkanes) is 1. The van der Waals surface area contributed by atoms with Gasteiger partial charge in [-0.25, -0.2) is 0 Å². The predicted octanol–water partition coefficient (Wildman–Crippen LogP) is 3.15. The molecule has 0 saturated carbocycles. The summed E-state index contributed by atoms with van der Waals surface area (Å²) in [4.78, 5) is 4.13. The van der Waals surface area contributed by atoms with Gasteiger partial charge in [0.05, 0.1) is 6.61 Å². The molecule has 0 aliphatic carbocycles. The molecule has 0 aromatic heterocycles. The Morgan fingerprint density at radius 2 is 2.00 bits per heavy atom. The topological polar surface area (TPSA) is 54.9 Å². The van der Waals surface area contributed by atoms with Gasteiger partial charge < -0.3 is 20.1 Å². The van der Waals surface area contributed by atoms with E-state index in [-0.39, 0.29) is 5.75 Å². The maximum Gasteiger partial charge on any atom is 0.387 e. The molecule has 0 heterocycles. The third-order valence-corrected chi connectivity index (χ3v) is 3.03. The van der Waals surface area contributed by atoms with Crippen molar-refractivity contribution in [1.82, 2.24) is 10.6 Å². The normalized spacial score (nSPS) is 11.5. The Bertz CT molecular complexity index is 496. The fraction of sp³-hybridized carbons (Fsp3) is 0.562. The van der Waals surface area contributed by atoms with E-state index in [2.05, 4.69) is 27.3 Å². The van der Waals surface area contributed by atoms with E-state index < -0.39 is 6.61 Å².